The van der Waals surface area contributed by atoms with Crippen LogP contribution in [0.5, 0.6) is 11.5 Å². The molecule has 2 aromatic rings. The quantitative estimate of drug-likeness (QED) is 0.757. The second-order valence-corrected chi connectivity index (χ2v) is 5.19. The fraction of sp³-hybridized carbons (Fsp3) is 0.375. The average molecular weight is 275 g/mol. The molecule has 0 radical (unpaired) electrons. The van der Waals surface area contributed by atoms with Crippen molar-refractivity contribution in [1.29, 1.82) is 0 Å². The van der Waals surface area contributed by atoms with Gasteiger partial charge in [0, 0.05) is 18.0 Å². The molecule has 0 saturated carbocycles. The third kappa shape index (κ3) is 3.85. The third-order valence-electron chi connectivity index (χ3n) is 3.02. The van der Waals surface area contributed by atoms with Crippen molar-refractivity contribution in [2.75, 3.05) is 13.2 Å². The lowest BCUT2D eigenvalue weighted by atomic mass is 10.1. The number of aromatic hydroxyl groups is 1. The van der Waals surface area contributed by atoms with Crippen LogP contribution >= 0.6 is 0 Å². The lowest BCUT2D eigenvalue weighted by Crippen LogP contribution is -2.35. The van der Waals surface area contributed by atoms with Gasteiger partial charge in [0.1, 0.15) is 24.2 Å². The number of hydrogen-bond donors (Lipinski definition) is 3. The maximum absolute atomic E-state index is 9.85. The highest BCUT2D eigenvalue weighted by molar-refractivity contribution is 5.89. The maximum Gasteiger partial charge on any atom is 0.127 e. The number of ether oxygens (including phenoxy) is 1. The van der Waals surface area contributed by atoms with Crippen LogP contribution in [0.15, 0.2) is 36.4 Å². The van der Waals surface area contributed by atoms with E-state index in [1.807, 2.05) is 38.1 Å². The Kier molecular flexibility index (Phi) is 4.82. The van der Waals surface area contributed by atoms with Gasteiger partial charge in [-0.3, -0.25) is 0 Å². The topological polar surface area (TPSA) is 61.7 Å². The van der Waals surface area contributed by atoms with E-state index in [-0.39, 0.29) is 12.4 Å². The van der Waals surface area contributed by atoms with Crippen LogP contribution in [0.2, 0.25) is 0 Å². The van der Waals surface area contributed by atoms with Crippen LogP contribution in [0, 0.1) is 0 Å². The zero-order chi connectivity index (χ0) is 14.5. The van der Waals surface area contributed by atoms with E-state index in [0.29, 0.717) is 18.3 Å². The van der Waals surface area contributed by atoms with Crippen molar-refractivity contribution in [3.63, 3.8) is 0 Å². The first kappa shape index (κ1) is 14.6. The Bertz CT molecular complexity index is 569. The maximum atomic E-state index is 9.85. The predicted octanol–water partition coefficient (Wildman–Crippen LogP) is 2.28. The van der Waals surface area contributed by atoms with E-state index >= 15 is 0 Å². The molecule has 0 saturated heterocycles. The van der Waals surface area contributed by atoms with Crippen molar-refractivity contribution >= 4 is 10.8 Å². The van der Waals surface area contributed by atoms with Crippen LogP contribution in [-0.4, -0.2) is 35.5 Å². The molecule has 1 unspecified atom stereocenters. The molecule has 0 amide bonds. The normalized spacial score (nSPS) is 12.8. The first-order valence-electron chi connectivity index (χ1n) is 6.82. The second kappa shape index (κ2) is 6.59. The van der Waals surface area contributed by atoms with Gasteiger partial charge in [0.2, 0.25) is 0 Å². The standard InChI is InChI=1S/C16H21NO3/c1-11(2)17-9-14(19)10-20-16-5-3-4-12-8-13(18)6-7-15(12)16/h3-8,11,14,17-19H,9-10H2,1-2H3. The number of benzene rings is 2. The van der Waals surface area contributed by atoms with Gasteiger partial charge in [-0.1, -0.05) is 26.0 Å². The molecule has 3 N–H and O–H groups in total. The highest BCUT2D eigenvalue weighted by Crippen LogP contribution is 2.28. The number of nitrogens with one attached hydrogen (secondary N) is 1. The van der Waals surface area contributed by atoms with Crippen LogP contribution in [0.4, 0.5) is 0 Å². The molecule has 2 rings (SSSR count). The Balaban J connectivity index is 2.03. The van der Waals surface area contributed by atoms with Gasteiger partial charge in [-0.2, -0.15) is 0 Å². The highest BCUT2D eigenvalue weighted by Gasteiger charge is 2.08. The van der Waals surface area contributed by atoms with Crippen molar-refractivity contribution in [2.45, 2.75) is 26.0 Å². The zero-order valence-electron chi connectivity index (χ0n) is 11.8. The molecule has 20 heavy (non-hydrogen) atoms. The molecule has 0 aromatic heterocycles. The second-order valence-electron chi connectivity index (χ2n) is 5.19. The van der Waals surface area contributed by atoms with E-state index in [9.17, 15) is 10.2 Å². The van der Waals surface area contributed by atoms with Crippen molar-refractivity contribution < 1.29 is 14.9 Å². The van der Waals surface area contributed by atoms with E-state index in [0.717, 1.165) is 10.8 Å². The minimum absolute atomic E-state index is 0.232. The summed E-state index contributed by atoms with van der Waals surface area (Å²) in [5.74, 6) is 0.946. The van der Waals surface area contributed by atoms with Gasteiger partial charge < -0.3 is 20.3 Å². The summed E-state index contributed by atoms with van der Waals surface area (Å²) in [5.41, 5.74) is 0. The lowest BCUT2D eigenvalue weighted by Gasteiger charge is -2.16. The van der Waals surface area contributed by atoms with E-state index in [4.69, 9.17) is 4.74 Å². The van der Waals surface area contributed by atoms with Crippen LogP contribution < -0.4 is 10.1 Å². The number of aliphatic hydroxyl groups excluding tert-OH is 1. The lowest BCUT2D eigenvalue weighted by molar-refractivity contribution is 0.105. The number of aliphatic hydroxyl groups is 1. The monoisotopic (exact) mass is 275 g/mol. The van der Waals surface area contributed by atoms with Crippen molar-refractivity contribution in [1.82, 2.24) is 5.32 Å². The molecule has 0 fully saturated rings. The Hall–Kier alpha value is -1.78. The Morgan fingerprint density at radius 3 is 2.75 bits per heavy atom. The third-order valence-corrected chi connectivity index (χ3v) is 3.02. The van der Waals surface area contributed by atoms with Crippen molar-refractivity contribution in [2.24, 2.45) is 0 Å². The number of hydrogen-bond acceptors (Lipinski definition) is 4. The molecule has 1 atom stereocenters. The summed E-state index contributed by atoms with van der Waals surface area (Å²) in [5, 5.41) is 24.3. The summed E-state index contributed by atoms with van der Waals surface area (Å²) in [4.78, 5) is 0. The van der Waals surface area contributed by atoms with E-state index in [1.165, 1.54) is 0 Å². The number of phenols is 1. The summed E-state index contributed by atoms with van der Waals surface area (Å²) < 4.78 is 5.68. The smallest absolute Gasteiger partial charge is 0.127 e. The number of phenolic OH excluding ortho intramolecular Hbond substituents is 1. The average Bonchev–Trinajstić information content (AvgIpc) is 2.42. The molecule has 4 heteroatoms. The van der Waals surface area contributed by atoms with E-state index in [2.05, 4.69) is 5.32 Å². The van der Waals surface area contributed by atoms with E-state index in [1.54, 1.807) is 12.1 Å². The molecule has 0 heterocycles. The largest absolute Gasteiger partial charge is 0.508 e. The highest BCUT2D eigenvalue weighted by atomic mass is 16.5. The first-order valence-corrected chi connectivity index (χ1v) is 6.82. The Labute approximate surface area is 119 Å². The van der Waals surface area contributed by atoms with Gasteiger partial charge in [-0.15, -0.1) is 0 Å². The number of rotatable bonds is 6. The summed E-state index contributed by atoms with van der Waals surface area (Å²) >= 11 is 0. The fourth-order valence-corrected chi connectivity index (χ4v) is 1.98. The molecule has 2 aromatic carbocycles. The predicted molar refractivity (Wildman–Crippen MR) is 80.3 cm³/mol. The Morgan fingerprint density at radius 2 is 2.00 bits per heavy atom. The molecule has 0 aliphatic heterocycles. The fourth-order valence-electron chi connectivity index (χ4n) is 1.98. The molecule has 4 nitrogen and oxygen atoms in total. The van der Waals surface area contributed by atoms with Gasteiger partial charge in [0.05, 0.1) is 0 Å². The molecular weight excluding hydrogens is 254 g/mol. The summed E-state index contributed by atoms with van der Waals surface area (Å²) in [7, 11) is 0. The number of fused-ring (bicyclic) bond motifs is 1. The summed E-state index contributed by atoms with van der Waals surface area (Å²) in [6, 6.07) is 11.1. The SMILES string of the molecule is CC(C)NCC(O)COc1cccc2cc(O)ccc12. The van der Waals surface area contributed by atoms with Crippen LogP contribution in [0.25, 0.3) is 10.8 Å². The summed E-state index contributed by atoms with van der Waals surface area (Å²) in [6.07, 6.45) is -0.551. The molecule has 0 aliphatic rings. The molecule has 0 aliphatic carbocycles. The van der Waals surface area contributed by atoms with Crippen molar-refractivity contribution in [3.05, 3.63) is 36.4 Å². The minimum Gasteiger partial charge on any atom is -0.508 e. The van der Waals surface area contributed by atoms with E-state index < -0.39 is 6.10 Å². The molecule has 108 valence electrons. The molecular formula is C16H21NO3. The van der Waals surface area contributed by atoms with Crippen LogP contribution in [0.1, 0.15) is 13.8 Å². The minimum atomic E-state index is -0.551. The molecule has 0 bridgehead atoms. The van der Waals surface area contributed by atoms with Gasteiger partial charge in [-0.05, 0) is 29.7 Å². The molecule has 0 spiro atoms. The van der Waals surface area contributed by atoms with Crippen molar-refractivity contribution in [3.8, 4) is 11.5 Å². The van der Waals surface area contributed by atoms with Gasteiger partial charge >= 0.3 is 0 Å². The van der Waals surface area contributed by atoms with Gasteiger partial charge in [0.15, 0.2) is 0 Å². The van der Waals surface area contributed by atoms with Gasteiger partial charge in [-0.25, -0.2) is 0 Å². The summed E-state index contributed by atoms with van der Waals surface area (Å²) in [6.45, 7) is 4.80. The zero-order valence-corrected chi connectivity index (χ0v) is 11.8. The Morgan fingerprint density at radius 1 is 1.20 bits per heavy atom. The van der Waals surface area contributed by atoms with Crippen LogP contribution in [0.3, 0.4) is 0 Å². The first-order chi connectivity index (χ1) is 9.56. The van der Waals surface area contributed by atoms with Gasteiger partial charge in [0.25, 0.3) is 0 Å². The van der Waals surface area contributed by atoms with Crippen LogP contribution in [-0.2, 0) is 0 Å².